The van der Waals surface area contributed by atoms with Gasteiger partial charge in [0.2, 0.25) is 0 Å². The Labute approximate surface area is 144 Å². The van der Waals surface area contributed by atoms with Crippen LogP contribution in [-0.4, -0.2) is 47.0 Å². The fourth-order valence-corrected chi connectivity index (χ4v) is 3.07. The van der Waals surface area contributed by atoms with Crippen LogP contribution in [-0.2, 0) is 16.0 Å². The van der Waals surface area contributed by atoms with Crippen molar-refractivity contribution in [2.45, 2.75) is 25.3 Å². The van der Waals surface area contributed by atoms with Gasteiger partial charge in [-0.1, -0.05) is 12.1 Å². The molecule has 1 saturated heterocycles. The van der Waals surface area contributed by atoms with Gasteiger partial charge in [-0.3, -0.25) is 19.8 Å². The standard InChI is InChI=1S/C17H19N3O5/c1-24-17(21)14-6-3-8-19(14)9-7-16-18-11-15(25-16)12-4-2-5-13(10-12)20(22)23/h2,4-5,10-11,14H,3,6-9H2,1H3. The van der Waals surface area contributed by atoms with Crippen molar-refractivity contribution in [1.82, 2.24) is 9.88 Å². The fourth-order valence-electron chi connectivity index (χ4n) is 3.07. The van der Waals surface area contributed by atoms with Crippen LogP contribution in [0.15, 0.2) is 34.9 Å². The van der Waals surface area contributed by atoms with E-state index in [4.69, 9.17) is 9.15 Å². The predicted octanol–water partition coefficient (Wildman–Crippen LogP) is 2.43. The minimum absolute atomic E-state index is 0.00781. The molecule has 3 rings (SSSR count). The van der Waals surface area contributed by atoms with E-state index >= 15 is 0 Å². The van der Waals surface area contributed by atoms with Crippen molar-refractivity contribution in [3.05, 3.63) is 46.5 Å². The summed E-state index contributed by atoms with van der Waals surface area (Å²) in [4.78, 5) is 28.5. The maximum absolute atomic E-state index is 11.8. The number of likely N-dealkylation sites (tertiary alicyclic amines) is 1. The van der Waals surface area contributed by atoms with Gasteiger partial charge in [0.05, 0.1) is 18.2 Å². The number of hydrogen-bond donors (Lipinski definition) is 0. The summed E-state index contributed by atoms with van der Waals surface area (Å²) >= 11 is 0. The number of aromatic nitrogens is 1. The zero-order chi connectivity index (χ0) is 17.8. The van der Waals surface area contributed by atoms with E-state index in [2.05, 4.69) is 9.88 Å². The molecular weight excluding hydrogens is 326 g/mol. The molecule has 0 radical (unpaired) electrons. The van der Waals surface area contributed by atoms with Crippen LogP contribution in [0.2, 0.25) is 0 Å². The van der Waals surface area contributed by atoms with Crippen molar-refractivity contribution in [3.63, 3.8) is 0 Å². The van der Waals surface area contributed by atoms with Crippen molar-refractivity contribution >= 4 is 11.7 Å². The Morgan fingerprint density at radius 2 is 2.36 bits per heavy atom. The Bertz CT molecular complexity index is 773. The summed E-state index contributed by atoms with van der Waals surface area (Å²) in [6, 6.07) is 6.04. The normalized spacial score (nSPS) is 17.6. The van der Waals surface area contributed by atoms with Crippen molar-refractivity contribution in [1.29, 1.82) is 0 Å². The highest BCUT2D eigenvalue weighted by molar-refractivity contribution is 5.75. The molecule has 1 unspecified atom stereocenters. The highest BCUT2D eigenvalue weighted by Crippen LogP contribution is 2.25. The number of rotatable bonds is 6. The molecule has 2 aromatic rings. The van der Waals surface area contributed by atoms with Crippen LogP contribution in [0, 0.1) is 10.1 Å². The quantitative estimate of drug-likeness (QED) is 0.450. The number of nitro benzene ring substituents is 1. The molecule has 0 saturated carbocycles. The average molecular weight is 345 g/mol. The number of esters is 1. The number of methoxy groups -OCH3 is 1. The number of hydrogen-bond acceptors (Lipinski definition) is 7. The number of non-ortho nitro benzene ring substituents is 1. The van der Waals surface area contributed by atoms with Gasteiger partial charge in [-0.05, 0) is 19.4 Å². The first-order chi connectivity index (χ1) is 12.1. The van der Waals surface area contributed by atoms with E-state index in [0.29, 0.717) is 30.2 Å². The number of carbonyl (C=O) groups excluding carboxylic acids is 1. The zero-order valence-electron chi connectivity index (χ0n) is 13.9. The largest absolute Gasteiger partial charge is 0.468 e. The number of carbonyl (C=O) groups is 1. The summed E-state index contributed by atoms with van der Waals surface area (Å²) in [6.45, 7) is 1.49. The van der Waals surface area contributed by atoms with Crippen molar-refractivity contribution in [2.24, 2.45) is 0 Å². The SMILES string of the molecule is COC(=O)C1CCCN1CCc1ncc(-c2cccc([N+](=O)[O-])c2)o1. The zero-order valence-corrected chi connectivity index (χ0v) is 13.9. The Morgan fingerprint density at radius 3 is 3.12 bits per heavy atom. The van der Waals surface area contributed by atoms with Gasteiger partial charge in [-0.15, -0.1) is 0 Å². The van der Waals surface area contributed by atoms with Crippen molar-refractivity contribution < 1.29 is 18.9 Å². The first-order valence-electron chi connectivity index (χ1n) is 8.10. The van der Waals surface area contributed by atoms with Crippen LogP contribution in [0.4, 0.5) is 5.69 Å². The summed E-state index contributed by atoms with van der Waals surface area (Å²) in [7, 11) is 1.40. The van der Waals surface area contributed by atoms with Crippen LogP contribution in [0.5, 0.6) is 0 Å². The molecule has 1 fully saturated rings. The highest BCUT2D eigenvalue weighted by Gasteiger charge is 2.31. The lowest BCUT2D eigenvalue weighted by Gasteiger charge is -2.21. The van der Waals surface area contributed by atoms with Gasteiger partial charge in [0.1, 0.15) is 6.04 Å². The molecule has 132 valence electrons. The fraction of sp³-hybridized carbons (Fsp3) is 0.412. The van der Waals surface area contributed by atoms with Crippen LogP contribution in [0.25, 0.3) is 11.3 Å². The maximum Gasteiger partial charge on any atom is 0.323 e. The van der Waals surface area contributed by atoms with Gasteiger partial charge < -0.3 is 9.15 Å². The summed E-state index contributed by atoms with van der Waals surface area (Å²) in [5.74, 6) is 0.823. The van der Waals surface area contributed by atoms with Crippen LogP contribution in [0.3, 0.4) is 0 Å². The highest BCUT2D eigenvalue weighted by atomic mass is 16.6. The second-order valence-electron chi connectivity index (χ2n) is 5.89. The Morgan fingerprint density at radius 1 is 1.52 bits per heavy atom. The molecule has 1 aliphatic heterocycles. The molecule has 1 aromatic carbocycles. The van der Waals surface area contributed by atoms with E-state index in [1.807, 2.05) is 0 Å². The van der Waals surface area contributed by atoms with Gasteiger partial charge in [-0.25, -0.2) is 4.98 Å². The molecule has 1 aromatic heterocycles. The van der Waals surface area contributed by atoms with Gasteiger partial charge in [0, 0.05) is 30.7 Å². The van der Waals surface area contributed by atoms with E-state index in [9.17, 15) is 14.9 Å². The van der Waals surface area contributed by atoms with E-state index in [1.54, 1.807) is 18.3 Å². The van der Waals surface area contributed by atoms with Gasteiger partial charge in [0.15, 0.2) is 11.7 Å². The molecular formula is C17H19N3O5. The first-order valence-corrected chi connectivity index (χ1v) is 8.10. The van der Waals surface area contributed by atoms with Crippen molar-refractivity contribution in [3.8, 4) is 11.3 Å². The summed E-state index contributed by atoms with van der Waals surface area (Å²) in [5.41, 5.74) is 0.620. The van der Waals surface area contributed by atoms with Crippen LogP contribution in [0.1, 0.15) is 18.7 Å². The molecule has 0 spiro atoms. The Balaban J connectivity index is 1.65. The second-order valence-corrected chi connectivity index (χ2v) is 5.89. The molecule has 0 bridgehead atoms. The summed E-state index contributed by atoms with van der Waals surface area (Å²) in [5, 5.41) is 10.9. The number of nitrogens with zero attached hydrogens (tertiary/aromatic N) is 3. The molecule has 0 aliphatic carbocycles. The van der Waals surface area contributed by atoms with Gasteiger partial charge >= 0.3 is 5.97 Å². The number of nitro groups is 1. The first kappa shape index (κ1) is 17.1. The molecule has 8 nitrogen and oxygen atoms in total. The van der Waals surface area contributed by atoms with E-state index in [1.165, 1.54) is 19.2 Å². The van der Waals surface area contributed by atoms with E-state index in [0.717, 1.165) is 19.4 Å². The minimum atomic E-state index is -0.443. The molecule has 8 heteroatoms. The summed E-state index contributed by atoms with van der Waals surface area (Å²) in [6.07, 6.45) is 3.89. The van der Waals surface area contributed by atoms with Crippen molar-refractivity contribution in [2.75, 3.05) is 20.2 Å². The lowest BCUT2D eigenvalue weighted by atomic mass is 10.2. The van der Waals surface area contributed by atoms with E-state index in [-0.39, 0.29) is 17.7 Å². The summed E-state index contributed by atoms with van der Waals surface area (Å²) < 4.78 is 10.5. The molecule has 1 atom stereocenters. The van der Waals surface area contributed by atoms with Crippen LogP contribution >= 0.6 is 0 Å². The smallest absolute Gasteiger partial charge is 0.323 e. The monoisotopic (exact) mass is 345 g/mol. The lowest BCUT2D eigenvalue weighted by Crippen LogP contribution is -2.38. The van der Waals surface area contributed by atoms with E-state index < -0.39 is 4.92 Å². The number of ether oxygens (including phenoxy) is 1. The molecule has 2 heterocycles. The molecule has 25 heavy (non-hydrogen) atoms. The third-order valence-corrected chi connectivity index (χ3v) is 4.34. The minimum Gasteiger partial charge on any atom is -0.468 e. The predicted molar refractivity (Wildman–Crippen MR) is 88.9 cm³/mol. The van der Waals surface area contributed by atoms with Gasteiger partial charge in [-0.2, -0.15) is 0 Å². The van der Waals surface area contributed by atoms with Gasteiger partial charge in [0.25, 0.3) is 5.69 Å². The molecule has 0 amide bonds. The lowest BCUT2D eigenvalue weighted by molar-refractivity contribution is -0.384. The van der Waals surface area contributed by atoms with Crippen LogP contribution < -0.4 is 0 Å². The second kappa shape index (κ2) is 7.43. The topological polar surface area (TPSA) is 98.7 Å². The Kier molecular flexibility index (Phi) is 5.08. The Hall–Kier alpha value is -2.74. The number of oxazole rings is 1. The third-order valence-electron chi connectivity index (χ3n) is 4.34. The molecule has 1 aliphatic rings. The average Bonchev–Trinajstić information content (AvgIpc) is 3.28. The maximum atomic E-state index is 11.8. The number of benzene rings is 1. The molecule has 0 N–H and O–H groups in total. The third kappa shape index (κ3) is 3.85.